The molecule has 0 saturated carbocycles. The number of H-pyrrole nitrogens is 1. The van der Waals surface area contributed by atoms with Gasteiger partial charge in [-0.2, -0.15) is 5.10 Å². The number of rotatable bonds is 5. The highest BCUT2D eigenvalue weighted by Crippen LogP contribution is 2.33. The van der Waals surface area contributed by atoms with Gasteiger partial charge in [-0.1, -0.05) is 23.7 Å². The molecule has 0 atom stereocenters. The van der Waals surface area contributed by atoms with Crippen molar-refractivity contribution in [3.63, 3.8) is 0 Å². The summed E-state index contributed by atoms with van der Waals surface area (Å²) in [6, 6.07) is 9.93. The van der Waals surface area contributed by atoms with Crippen molar-refractivity contribution in [1.29, 1.82) is 0 Å². The van der Waals surface area contributed by atoms with Gasteiger partial charge in [-0.05, 0) is 29.8 Å². The molecule has 0 bridgehead atoms. The number of benzene rings is 2. The first-order valence-corrected chi connectivity index (χ1v) is 9.36. The van der Waals surface area contributed by atoms with E-state index in [2.05, 4.69) is 19.8 Å². The van der Waals surface area contributed by atoms with E-state index in [1.807, 2.05) is 6.07 Å². The van der Waals surface area contributed by atoms with Crippen molar-refractivity contribution in [3.05, 3.63) is 65.2 Å². The predicted molar refractivity (Wildman–Crippen MR) is 103 cm³/mol. The number of carbonyl (C=O) groups is 1. The SMILES string of the molecule is O=C(O)Oc1cnn(-c2nc3cc(SCc4ccc(F)cc4)c(Cl)cc3[nH]2)c1. The largest absolute Gasteiger partial charge is 0.511 e. The van der Waals surface area contributed by atoms with Crippen molar-refractivity contribution in [3.8, 4) is 11.7 Å². The molecule has 4 rings (SSSR count). The lowest BCUT2D eigenvalue weighted by atomic mass is 10.2. The predicted octanol–water partition coefficient (Wildman–Crippen LogP) is 4.89. The Bertz CT molecular complexity index is 1160. The Morgan fingerprint density at radius 1 is 1.32 bits per heavy atom. The number of nitrogens with one attached hydrogen (secondary N) is 1. The zero-order chi connectivity index (χ0) is 19.7. The number of aromatic amines is 1. The summed E-state index contributed by atoms with van der Waals surface area (Å²) < 4.78 is 18.9. The Balaban J connectivity index is 1.57. The molecule has 2 heterocycles. The van der Waals surface area contributed by atoms with E-state index in [1.165, 1.54) is 41.0 Å². The normalized spacial score (nSPS) is 11.1. The molecule has 0 saturated heterocycles. The van der Waals surface area contributed by atoms with E-state index in [9.17, 15) is 9.18 Å². The number of hydrogen-bond acceptors (Lipinski definition) is 5. The average Bonchev–Trinajstić information content (AvgIpc) is 3.27. The monoisotopic (exact) mass is 418 g/mol. The van der Waals surface area contributed by atoms with E-state index in [4.69, 9.17) is 16.7 Å². The third-order valence-corrected chi connectivity index (χ3v) is 5.36. The summed E-state index contributed by atoms with van der Waals surface area (Å²) >= 11 is 7.90. The van der Waals surface area contributed by atoms with E-state index in [0.717, 1.165) is 10.5 Å². The summed E-state index contributed by atoms with van der Waals surface area (Å²) in [5.41, 5.74) is 2.37. The van der Waals surface area contributed by atoms with Gasteiger partial charge in [-0.3, -0.25) is 0 Å². The van der Waals surface area contributed by atoms with Crippen LogP contribution in [-0.2, 0) is 5.75 Å². The van der Waals surface area contributed by atoms with E-state index in [0.29, 0.717) is 27.8 Å². The summed E-state index contributed by atoms with van der Waals surface area (Å²) in [6.07, 6.45) is 1.26. The fraction of sp³-hybridized carbons (Fsp3) is 0.0556. The van der Waals surface area contributed by atoms with Crippen molar-refractivity contribution in [2.75, 3.05) is 0 Å². The zero-order valence-corrected chi connectivity index (χ0v) is 15.7. The molecule has 0 radical (unpaired) electrons. The number of fused-ring (bicyclic) bond motifs is 1. The Morgan fingerprint density at radius 2 is 2.11 bits per heavy atom. The van der Waals surface area contributed by atoms with Crippen LogP contribution in [0.25, 0.3) is 17.0 Å². The lowest BCUT2D eigenvalue weighted by Gasteiger charge is -2.04. The molecule has 0 fully saturated rings. The first-order valence-electron chi connectivity index (χ1n) is 8.00. The standard InChI is InChI=1S/C18H12ClFN4O3S/c19-13-5-14-15(6-16(13)28-9-10-1-3-11(20)4-2-10)23-17(22-14)24-8-12(7-21-24)27-18(25)26/h1-8H,9H2,(H,22,23)(H,25,26). The second-order valence-electron chi connectivity index (χ2n) is 5.76. The summed E-state index contributed by atoms with van der Waals surface area (Å²) in [4.78, 5) is 19.0. The first-order chi connectivity index (χ1) is 13.5. The fourth-order valence-electron chi connectivity index (χ4n) is 2.53. The van der Waals surface area contributed by atoms with Crippen molar-refractivity contribution in [2.24, 2.45) is 0 Å². The van der Waals surface area contributed by atoms with Crippen LogP contribution in [0.3, 0.4) is 0 Å². The van der Waals surface area contributed by atoms with Gasteiger partial charge in [0.1, 0.15) is 5.82 Å². The minimum Gasteiger partial charge on any atom is -0.449 e. The second-order valence-corrected chi connectivity index (χ2v) is 7.19. The van der Waals surface area contributed by atoms with Crippen LogP contribution in [0.2, 0.25) is 5.02 Å². The molecular weight excluding hydrogens is 407 g/mol. The number of carboxylic acid groups (broad SMARTS) is 1. The lowest BCUT2D eigenvalue weighted by molar-refractivity contribution is 0.144. The topological polar surface area (TPSA) is 93.0 Å². The number of thioether (sulfide) groups is 1. The van der Waals surface area contributed by atoms with Gasteiger partial charge in [-0.25, -0.2) is 18.9 Å². The van der Waals surface area contributed by atoms with E-state index < -0.39 is 6.16 Å². The van der Waals surface area contributed by atoms with Gasteiger partial charge in [0.05, 0.1) is 28.4 Å². The van der Waals surface area contributed by atoms with Gasteiger partial charge in [0.2, 0.25) is 5.95 Å². The molecule has 0 aliphatic rings. The maximum absolute atomic E-state index is 13.0. The number of imidazole rings is 1. The van der Waals surface area contributed by atoms with Gasteiger partial charge in [0, 0.05) is 10.6 Å². The molecule has 0 spiro atoms. The quantitative estimate of drug-likeness (QED) is 0.354. The smallest absolute Gasteiger partial charge is 0.449 e. The van der Waals surface area contributed by atoms with Crippen LogP contribution in [0.5, 0.6) is 5.75 Å². The minimum atomic E-state index is -1.42. The van der Waals surface area contributed by atoms with Crippen molar-refractivity contribution >= 4 is 40.6 Å². The van der Waals surface area contributed by atoms with Crippen LogP contribution in [0.1, 0.15) is 5.56 Å². The molecule has 2 N–H and O–H groups in total. The van der Waals surface area contributed by atoms with Gasteiger partial charge in [-0.15, -0.1) is 11.8 Å². The van der Waals surface area contributed by atoms with Gasteiger partial charge < -0.3 is 14.8 Å². The molecule has 0 aliphatic heterocycles. The van der Waals surface area contributed by atoms with Crippen molar-refractivity contribution < 1.29 is 19.0 Å². The average molecular weight is 419 g/mol. The minimum absolute atomic E-state index is 0.0848. The van der Waals surface area contributed by atoms with Gasteiger partial charge in [0.15, 0.2) is 5.75 Å². The summed E-state index contributed by atoms with van der Waals surface area (Å²) in [5.74, 6) is 0.846. The van der Waals surface area contributed by atoms with Crippen LogP contribution in [0.4, 0.5) is 9.18 Å². The number of nitrogens with zero attached hydrogens (tertiary/aromatic N) is 3. The third kappa shape index (κ3) is 3.95. The molecule has 28 heavy (non-hydrogen) atoms. The summed E-state index contributed by atoms with van der Waals surface area (Å²) in [7, 11) is 0. The first kappa shape index (κ1) is 18.3. The molecule has 0 amide bonds. The highest BCUT2D eigenvalue weighted by Gasteiger charge is 2.12. The maximum atomic E-state index is 13.0. The Morgan fingerprint density at radius 3 is 2.86 bits per heavy atom. The summed E-state index contributed by atoms with van der Waals surface area (Å²) in [5, 5.41) is 13.2. The molecule has 0 aliphatic carbocycles. The molecule has 0 unspecified atom stereocenters. The molecular formula is C18H12ClFN4O3S. The van der Waals surface area contributed by atoms with Crippen LogP contribution >= 0.6 is 23.4 Å². The van der Waals surface area contributed by atoms with Gasteiger partial charge >= 0.3 is 6.16 Å². The Kier molecular flexibility index (Phi) is 4.93. The van der Waals surface area contributed by atoms with E-state index in [1.54, 1.807) is 18.2 Å². The molecule has 4 aromatic rings. The molecule has 142 valence electrons. The highest BCUT2D eigenvalue weighted by molar-refractivity contribution is 7.98. The van der Waals surface area contributed by atoms with Crippen LogP contribution in [-0.4, -0.2) is 31.0 Å². The number of aromatic nitrogens is 4. The molecule has 10 heteroatoms. The summed E-state index contributed by atoms with van der Waals surface area (Å²) in [6.45, 7) is 0. The maximum Gasteiger partial charge on any atom is 0.511 e. The van der Waals surface area contributed by atoms with Crippen LogP contribution in [0, 0.1) is 5.82 Å². The Labute approximate surface area is 167 Å². The van der Waals surface area contributed by atoms with Crippen molar-refractivity contribution in [2.45, 2.75) is 10.6 Å². The number of ether oxygens (including phenoxy) is 1. The highest BCUT2D eigenvalue weighted by atomic mass is 35.5. The van der Waals surface area contributed by atoms with Crippen LogP contribution in [0.15, 0.2) is 53.7 Å². The lowest BCUT2D eigenvalue weighted by Crippen LogP contribution is -2.02. The Hall–Kier alpha value is -3.04. The second kappa shape index (κ2) is 7.53. The fourth-order valence-corrected chi connectivity index (χ4v) is 3.77. The van der Waals surface area contributed by atoms with Crippen molar-refractivity contribution in [1.82, 2.24) is 19.7 Å². The van der Waals surface area contributed by atoms with Gasteiger partial charge in [0.25, 0.3) is 0 Å². The molecule has 7 nitrogen and oxygen atoms in total. The number of hydrogen-bond donors (Lipinski definition) is 2. The molecule has 2 aromatic heterocycles. The third-order valence-electron chi connectivity index (χ3n) is 3.81. The van der Waals surface area contributed by atoms with Crippen LogP contribution < -0.4 is 4.74 Å². The van der Waals surface area contributed by atoms with E-state index in [-0.39, 0.29) is 11.6 Å². The molecule has 2 aromatic carbocycles. The number of halogens is 2. The van der Waals surface area contributed by atoms with E-state index >= 15 is 0 Å². The zero-order valence-electron chi connectivity index (χ0n) is 14.1.